The molecule has 2 N–H and O–H groups in total. The minimum atomic E-state index is 0.499. The van der Waals surface area contributed by atoms with Crippen LogP contribution in [-0.2, 0) is 6.54 Å². The molecule has 18 heavy (non-hydrogen) atoms. The number of nitrogens with two attached hydrogens (primary N) is 1. The van der Waals surface area contributed by atoms with Gasteiger partial charge in [0.15, 0.2) is 5.13 Å². The Morgan fingerprint density at radius 2 is 2.44 bits per heavy atom. The highest BCUT2D eigenvalue weighted by molar-refractivity contribution is 7.15. The van der Waals surface area contributed by atoms with Gasteiger partial charge in [0.1, 0.15) is 0 Å². The van der Waals surface area contributed by atoms with Crippen molar-refractivity contribution >= 4 is 16.5 Å². The SMILES string of the molecule is Nc1ncc(CN2CCCC(n3cccn3)C2)s1. The van der Waals surface area contributed by atoms with Crippen molar-refractivity contribution in [1.29, 1.82) is 0 Å². The monoisotopic (exact) mass is 263 g/mol. The van der Waals surface area contributed by atoms with Crippen LogP contribution in [0.15, 0.2) is 24.7 Å². The van der Waals surface area contributed by atoms with E-state index in [1.165, 1.54) is 17.7 Å². The molecule has 1 aliphatic heterocycles. The minimum Gasteiger partial charge on any atom is -0.375 e. The molecule has 3 heterocycles. The van der Waals surface area contributed by atoms with E-state index in [1.807, 2.05) is 18.5 Å². The van der Waals surface area contributed by atoms with Crippen LogP contribution < -0.4 is 5.73 Å². The van der Waals surface area contributed by atoms with Crippen LogP contribution in [0, 0.1) is 0 Å². The van der Waals surface area contributed by atoms with E-state index in [1.54, 1.807) is 11.3 Å². The third-order valence-electron chi connectivity index (χ3n) is 3.33. The maximum absolute atomic E-state index is 5.66. The summed E-state index contributed by atoms with van der Waals surface area (Å²) < 4.78 is 2.08. The first-order chi connectivity index (χ1) is 8.81. The summed E-state index contributed by atoms with van der Waals surface area (Å²) in [6.07, 6.45) is 8.22. The number of thiazole rings is 1. The van der Waals surface area contributed by atoms with Crippen LogP contribution in [0.3, 0.4) is 0 Å². The summed E-state index contributed by atoms with van der Waals surface area (Å²) in [7, 11) is 0. The van der Waals surface area contributed by atoms with Crippen LogP contribution in [0.4, 0.5) is 5.13 Å². The number of likely N-dealkylation sites (tertiary alicyclic amines) is 1. The number of hydrogen-bond donors (Lipinski definition) is 1. The summed E-state index contributed by atoms with van der Waals surface area (Å²) in [6.45, 7) is 3.15. The zero-order valence-corrected chi connectivity index (χ0v) is 11.0. The highest BCUT2D eigenvalue weighted by Crippen LogP contribution is 2.24. The van der Waals surface area contributed by atoms with Crippen LogP contribution in [0.25, 0.3) is 0 Å². The standard InChI is InChI=1S/C12H17N5S/c13-12-14-7-11(18-12)9-16-5-1-3-10(8-16)17-6-2-4-15-17/h2,4,6-7,10H,1,3,5,8-9H2,(H2,13,14). The summed E-state index contributed by atoms with van der Waals surface area (Å²) in [5.41, 5.74) is 5.66. The van der Waals surface area contributed by atoms with Gasteiger partial charge in [-0.05, 0) is 25.5 Å². The average molecular weight is 263 g/mol. The van der Waals surface area contributed by atoms with Gasteiger partial charge in [0.05, 0.1) is 6.04 Å². The smallest absolute Gasteiger partial charge is 0.180 e. The van der Waals surface area contributed by atoms with E-state index in [-0.39, 0.29) is 0 Å². The van der Waals surface area contributed by atoms with Crippen LogP contribution in [0.5, 0.6) is 0 Å². The summed E-state index contributed by atoms with van der Waals surface area (Å²) in [5, 5.41) is 5.00. The van der Waals surface area contributed by atoms with Crippen molar-refractivity contribution < 1.29 is 0 Å². The molecule has 1 fully saturated rings. The Labute approximate surface area is 110 Å². The lowest BCUT2D eigenvalue weighted by Crippen LogP contribution is -2.36. The Hall–Kier alpha value is -1.40. The summed E-state index contributed by atoms with van der Waals surface area (Å²) >= 11 is 1.58. The number of nitrogen functional groups attached to an aromatic ring is 1. The normalized spacial score (nSPS) is 21.2. The van der Waals surface area contributed by atoms with E-state index in [0.29, 0.717) is 11.2 Å². The molecule has 0 spiro atoms. The Kier molecular flexibility index (Phi) is 3.29. The first-order valence-corrected chi connectivity index (χ1v) is 7.04. The lowest BCUT2D eigenvalue weighted by Gasteiger charge is -2.32. The van der Waals surface area contributed by atoms with Crippen molar-refractivity contribution in [3.63, 3.8) is 0 Å². The van der Waals surface area contributed by atoms with Crippen LogP contribution >= 0.6 is 11.3 Å². The van der Waals surface area contributed by atoms with Gasteiger partial charge < -0.3 is 5.73 Å². The number of aromatic nitrogens is 3. The lowest BCUT2D eigenvalue weighted by molar-refractivity contribution is 0.164. The minimum absolute atomic E-state index is 0.499. The molecular formula is C12H17N5S. The topological polar surface area (TPSA) is 60.0 Å². The second-order valence-corrected chi connectivity index (χ2v) is 5.83. The second kappa shape index (κ2) is 5.07. The third kappa shape index (κ3) is 2.54. The van der Waals surface area contributed by atoms with Crippen molar-refractivity contribution in [1.82, 2.24) is 19.7 Å². The van der Waals surface area contributed by atoms with Gasteiger partial charge in [-0.1, -0.05) is 0 Å². The third-order valence-corrected chi connectivity index (χ3v) is 4.14. The van der Waals surface area contributed by atoms with Crippen LogP contribution in [0.1, 0.15) is 23.8 Å². The molecule has 5 nitrogen and oxygen atoms in total. The first kappa shape index (κ1) is 11.7. The van der Waals surface area contributed by atoms with E-state index < -0.39 is 0 Å². The fourth-order valence-corrected chi connectivity index (χ4v) is 3.23. The number of hydrogen-bond acceptors (Lipinski definition) is 5. The summed E-state index contributed by atoms with van der Waals surface area (Å²) in [4.78, 5) is 7.81. The molecule has 0 aliphatic carbocycles. The van der Waals surface area contributed by atoms with Crippen molar-refractivity contribution in [2.75, 3.05) is 18.8 Å². The Morgan fingerprint density at radius 1 is 1.50 bits per heavy atom. The van der Waals surface area contributed by atoms with E-state index in [4.69, 9.17) is 5.73 Å². The Balaban J connectivity index is 1.63. The zero-order chi connectivity index (χ0) is 12.4. The van der Waals surface area contributed by atoms with Crippen molar-refractivity contribution in [2.45, 2.75) is 25.4 Å². The van der Waals surface area contributed by atoms with Gasteiger partial charge in [-0.25, -0.2) is 4.98 Å². The van der Waals surface area contributed by atoms with E-state index in [9.17, 15) is 0 Å². The van der Waals surface area contributed by atoms with E-state index >= 15 is 0 Å². The molecule has 6 heteroatoms. The Morgan fingerprint density at radius 3 is 3.17 bits per heavy atom. The predicted octanol–water partition coefficient (Wildman–Crippen LogP) is 1.76. The van der Waals surface area contributed by atoms with Crippen molar-refractivity contribution in [3.05, 3.63) is 29.5 Å². The van der Waals surface area contributed by atoms with Crippen LogP contribution in [-0.4, -0.2) is 32.8 Å². The fourth-order valence-electron chi connectivity index (χ4n) is 2.50. The molecule has 0 saturated carbocycles. The first-order valence-electron chi connectivity index (χ1n) is 6.23. The summed E-state index contributed by atoms with van der Waals surface area (Å²) in [5.74, 6) is 0. The maximum atomic E-state index is 5.66. The number of rotatable bonds is 3. The number of piperidine rings is 1. The molecule has 3 rings (SSSR count). The molecule has 0 amide bonds. The fraction of sp³-hybridized carbons (Fsp3) is 0.500. The van der Waals surface area contributed by atoms with Crippen LogP contribution in [0.2, 0.25) is 0 Å². The highest BCUT2D eigenvalue weighted by Gasteiger charge is 2.21. The maximum Gasteiger partial charge on any atom is 0.180 e. The molecule has 1 aliphatic rings. The second-order valence-electron chi connectivity index (χ2n) is 4.68. The van der Waals surface area contributed by atoms with Gasteiger partial charge in [-0.2, -0.15) is 5.10 Å². The van der Waals surface area contributed by atoms with E-state index in [0.717, 1.165) is 19.6 Å². The largest absolute Gasteiger partial charge is 0.375 e. The van der Waals surface area contributed by atoms with Gasteiger partial charge in [0.25, 0.3) is 0 Å². The molecular weight excluding hydrogens is 246 g/mol. The number of nitrogens with zero attached hydrogens (tertiary/aromatic N) is 4. The lowest BCUT2D eigenvalue weighted by atomic mass is 10.1. The molecule has 1 unspecified atom stereocenters. The van der Waals surface area contributed by atoms with Gasteiger partial charge in [0.2, 0.25) is 0 Å². The molecule has 0 bridgehead atoms. The summed E-state index contributed by atoms with van der Waals surface area (Å²) in [6, 6.07) is 2.49. The predicted molar refractivity (Wildman–Crippen MR) is 72.3 cm³/mol. The molecule has 1 saturated heterocycles. The number of anilines is 1. The molecule has 0 aromatic carbocycles. The molecule has 1 atom stereocenters. The van der Waals surface area contributed by atoms with Gasteiger partial charge in [-0.3, -0.25) is 9.58 Å². The quantitative estimate of drug-likeness (QED) is 0.916. The van der Waals surface area contributed by atoms with E-state index in [2.05, 4.69) is 25.9 Å². The van der Waals surface area contributed by atoms with Crippen molar-refractivity contribution in [2.24, 2.45) is 0 Å². The molecule has 2 aromatic heterocycles. The molecule has 2 aromatic rings. The average Bonchev–Trinajstić information content (AvgIpc) is 3.01. The zero-order valence-electron chi connectivity index (χ0n) is 10.2. The highest BCUT2D eigenvalue weighted by atomic mass is 32.1. The molecule has 96 valence electrons. The molecule has 0 radical (unpaired) electrons. The van der Waals surface area contributed by atoms with Gasteiger partial charge >= 0.3 is 0 Å². The van der Waals surface area contributed by atoms with Gasteiger partial charge in [-0.15, -0.1) is 11.3 Å². The Bertz CT molecular complexity index is 492. The van der Waals surface area contributed by atoms with Gasteiger partial charge in [0, 0.05) is 36.6 Å². The van der Waals surface area contributed by atoms with Crippen molar-refractivity contribution in [3.8, 4) is 0 Å².